The summed E-state index contributed by atoms with van der Waals surface area (Å²) in [5.41, 5.74) is 0. The van der Waals surface area contributed by atoms with Gasteiger partial charge in [0.15, 0.2) is 6.29 Å². The predicted octanol–water partition coefficient (Wildman–Crippen LogP) is -7.45. The number of carboxylic acid groups (broad SMARTS) is 1. The van der Waals surface area contributed by atoms with Gasteiger partial charge in [0.25, 0.3) is 0 Å². The van der Waals surface area contributed by atoms with Gasteiger partial charge in [-0.2, -0.15) is 0 Å². The maximum Gasteiger partial charge on any atom is 1.00 e. The Balaban J connectivity index is 0.00000264. The Labute approximate surface area is 153 Å². The van der Waals surface area contributed by atoms with Crippen LogP contribution in [0, 0.1) is 0 Å². The zero-order valence-electron chi connectivity index (χ0n) is 12.5. The van der Waals surface area contributed by atoms with Crippen molar-refractivity contribution in [2.45, 2.75) is 56.1 Å². The van der Waals surface area contributed by atoms with Gasteiger partial charge in [0.2, 0.25) is 6.29 Å². The minimum atomic E-state index is -1.74. The van der Waals surface area contributed by atoms with Crippen molar-refractivity contribution in [3.63, 3.8) is 0 Å². The third kappa shape index (κ3) is 4.42. The molecule has 0 unspecified atom stereocenters. The smallest absolute Gasteiger partial charge is 0.542 e. The van der Waals surface area contributed by atoms with Crippen LogP contribution in [0.15, 0.2) is 11.8 Å². The average molecular weight is 344 g/mol. The minimum Gasteiger partial charge on any atom is -0.542 e. The number of carboxylic acids is 1. The van der Waals surface area contributed by atoms with Crippen molar-refractivity contribution in [1.29, 1.82) is 0 Å². The van der Waals surface area contributed by atoms with Gasteiger partial charge in [-0.05, 0) is 13.0 Å². The first-order valence-corrected chi connectivity index (χ1v) is 6.53. The van der Waals surface area contributed by atoms with E-state index in [9.17, 15) is 35.4 Å². The molecule has 0 saturated carbocycles. The maximum atomic E-state index is 10.8. The number of rotatable bonds is 3. The van der Waals surface area contributed by atoms with E-state index in [2.05, 4.69) is 0 Å². The van der Waals surface area contributed by atoms with E-state index in [1.165, 1.54) is 6.92 Å². The number of carbonyl (C=O) groups is 1. The van der Waals surface area contributed by atoms with Crippen LogP contribution in [-0.2, 0) is 19.0 Å². The Bertz CT molecular complexity index is 457. The molecule has 5 N–H and O–H groups in total. The first kappa shape index (κ1) is 20.8. The van der Waals surface area contributed by atoms with Crippen LogP contribution in [0.3, 0.4) is 0 Å². The number of aliphatic hydroxyl groups excluding tert-OH is 5. The van der Waals surface area contributed by atoms with Crippen LogP contribution in [0.1, 0.15) is 6.92 Å². The summed E-state index contributed by atoms with van der Waals surface area (Å²) in [6.07, 6.45) is -11.3. The molecule has 1 saturated heterocycles. The van der Waals surface area contributed by atoms with Crippen LogP contribution >= 0.6 is 0 Å². The van der Waals surface area contributed by atoms with E-state index in [1.54, 1.807) is 0 Å². The third-order valence-electron chi connectivity index (χ3n) is 3.49. The van der Waals surface area contributed by atoms with Gasteiger partial charge in [0, 0.05) is 0 Å². The Kier molecular flexibility index (Phi) is 7.41. The fraction of sp³-hybridized carbons (Fsp3) is 0.750. The molecule has 0 aliphatic carbocycles. The molecule has 23 heavy (non-hydrogen) atoms. The fourth-order valence-electron chi connectivity index (χ4n) is 2.19. The van der Waals surface area contributed by atoms with Gasteiger partial charge in [0.05, 0.1) is 6.10 Å². The molecule has 11 heteroatoms. The second kappa shape index (κ2) is 8.21. The second-order valence-corrected chi connectivity index (χ2v) is 5.10. The Morgan fingerprint density at radius 2 is 1.78 bits per heavy atom. The molecule has 0 radical (unpaired) electrons. The van der Waals surface area contributed by atoms with Crippen molar-refractivity contribution < 1.29 is 79.2 Å². The van der Waals surface area contributed by atoms with E-state index in [0.717, 1.165) is 6.08 Å². The summed E-state index contributed by atoms with van der Waals surface area (Å²) in [6, 6.07) is 0. The number of hydrogen-bond acceptors (Lipinski definition) is 10. The van der Waals surface area contributed by atoms with Crippen LogP contribution in [0.25, 0.3) is 0 Å². The van der Waals surface area contributed by atoms with Gasteiger partial charge < -0.3 is 49.6 Å². The number of ether oxygens (including phenoxy) is 3. The molecule has 0 aromatic rings. The summed E-state index contributed by atoms with van der Waals surface area (Å²) < 4.78 is 14.8. The Morgan fingerprint density at radius 3 is 2.35 bits per heavy atom. The van der Waals surface area contributed by atoms with Crippen molar-refractivity contribution in [1.82, 2.24) is 0 Å². The monoisotopic (exact) mass is 344 g/mol. The summed E-state index contributed by atoms with van der Waals surface area (Å²) in [6.45, 7) is 1.42. The van der Waals surface area contributed by atoms with Gasteiger partial charge in [0.1, 0.15) is 42.2 Å². The molecule has 0 amide bonds. The van der Waals surface area contributed by atoms with Gasteiger partial charge in [-0.15, -0.1) is 0 Å². The van der Waals surface area contributed by atoms with E-state index in [1.807, 2.05) is 0 Å². The third-order valence-corrected chi connectivity index (χ3v) is 3.49. The number of aliphatic hydroxyl groups is 5. The van der Waals surface area contributed by atoms with Gasteiger partial charge in [-0.3, -0.25) is 0 Å². The Hall–Kier alpha value is -0.270. The van der Waals surface area contributed by atoms with Gasteiger partial charge in [-0.25, -0.2) is 0 Å². The van der Waals surface area contributed by atoms with Crippen LogP contribution in [0.4, 0.5) is 0 Å². The molecule has 0 aromatic carbocycles. The second-order valence-electron chi connectivity index (χ2n) is 5.10. The molecular formula is C12H17NaO10. The maximum absolute atomic E-state index is 10.8. The molecule has 8 atom stereocenters. The fourth-order valence-corrected chi connectivity index (χ4v) is 2.19. The summed E-state index contributed by atoms with van der Waals surface area (Å²) in [5, 5.41) is 59.3. The number of aliphatic carboxylic acids is 1. The van der Waals surface area contributed by atoms with E-state index < -0.39 is 60.9 Å². The zero-order chi connectivity index (χ0) is 16.6. The number of carbonyl (C=O) groups excluding carboxylic acids is 1. The minimum absolute atomic E-state index is 0. The zero-order valence-corrected chi connectivity index (χ0v) is 14.5. The molecule has 126 valence electrons. The molecule has 0 bridgehead atoms. The van der Waals surface area contributed by atoms with E-state index >= 15 is 0 Å². The summed E-state index contributed by atoms with van der Waals surface area (Å²) in [5.74, 6) is -2.51. The first-order valence-electron chi connectivity index (χ1n) is 6.53. The Morgan fingerprint density at radius 1 is 1.17 bits per heavy atom. The topological polar surface area (TPSA) is 169 Å². The van der Waals surface area contributed by atoms with Crippen molar-refractivity contribution in [2.24, 2.45) is 0 Å². The van der Waals surface area contributed by atoms with E-state index in [0.29, 0.717) is 0 Å². The summed E-state index contributed by atoms with van der Waals surface area (Å²) >= 11 is 0. The van der Waals surface area contributed by atoms with Crippen molar-refractivity contribution in [3.8, 4) is 0 Å². The van der Waals surface area contributed by atoms with Crippen LogP contribution in [0.2, 0.25) is 0 Å². The average Bonchev–Trinajstić information content (AvgIpc) is 2.45. The predicted molar refractivity (Wildman–Crippen MR) is 63.4 cm³/mol. The molecule has 0 spiro atoms. The van der Waals surface area contributed by atoms with E-state index in [4.69, 9.17) is 14.2 Å². The molecule has 2 aliphatic heterocycles. The standard InChI is InChI=1S/C12H18O10.Na/c1-3-6(14)8(16)9(11(19)20-3)22-12-7(15)4(13)2-5(21-12)10(17)18;/h2-4,6-9,11-16,19H,1H3,(H,17,18);/q;+1/p-1/t3-,4-,6-,7+,8+,9+,11-,12+;/m0./s1. The van der Waals surface area contributed by atoms with Crippen LogP contribution in [0.5, 0.6) is 0 Å². The van der Waals surface area contributed by atoms with E-state index in [-0.39, 0.29) is 29.6 Å². The van der Waals surface area contributed by atoms with Crippen LogP contribution in [-0.4, -0.2) is 80.7 Å². The first-order chi connectivity index (χ1) is 10.2. The quantitative estimate of drug-likeness (QED) is 0.310. The summed E-state index contributed by atoms with van der Waals surface area (Å²) in [4.78, 5) is 10.8. The van der Waals surface area contributed by atoms with Crippen molar-refractivity contribution in [2.75, 3.05) is 0 Å². The molecule has 2 aliphatic rings. The molecule has 1 fully saturated rings. The molecule has 0 aromatic heterocycles. The number of hydrogen-bond donors (Lipinski definition) is 5. The molecular weight excluding hydrogens is 327 g/mol. The van der Waals surface area contributed by atoms with Crippen molar-refractivity contribution in [3.05, 3.63) is 11.8 Å². The molecule has 10 nitrogen and oxygen atoms in total. The SMILES string of the molecule is C[C@@H]1O[C@H](O)[C@H](O[C@H]2OC(C(=O)[O-])=C[C@H](O)[C@H]2O)[C@H](O)[C@H]1O.[Na+]. The van der Waals surface area contributed by atoms with Crippen LogP contribution < -0.4 is 34.7 Å². The van der Waals surface area contributed by atoms with Gasteiger partial charge in [-0.1, -0.05) is 0 Å². The normalized spacial score (nSPS) is 43.8. The molecule has 2 heterocycles. The molecule has 2 rings (SSSR count). The largest absolute Gasteiger partial charge is 1.00 e. The van der Waals surface area contributed by atoms with Crippen molar-refractivity contribution >= 4 is 5.97 Å². The van der Waals surface area contributed by atoms with Gasteiger partial charge >= 0.3 is 29.6 Å². The summed E-state index contributed by atoms with van der Waals surface area (Å²) in [7, 11) is 0.